The van der Waals surface area contributed by atoms with Gasteiger partial charge < -0.3 is 10.3 Å². The average molecular weight is 441 g/mol. The van der Waals surface area contributed by atoms with Crippen molar-refractivity contribution in [1.82, 2.24) is 14.5 Å². The molecule has 4 rings (SSSR count). The Morgan fingerprint density at radius 3 is 2.26 bits per heavy atom. The number of nitrogen functional groups attached to an aromatic ring is 1. The van der Waals surface area contributed by atoms with E-state index in [1.807, 2.05) is 18.2 Å². The highest BCUT2D eigenvalue weighted by Gasteiger charge is 2.30. The average Bonchev–Trinajstić information content (AvgIpc) is 3.03. The summed E-state index contributed by atoms with van der Waals surface area (Å²) in [5, 5.41) is 0. The number of nitrogens with zero attached hydrogens (tertiary/aromatic N) is 3. The molecule has 0 saturated heterocycles. The zero-order valence-electron chi connectivity index (χ0n) is 17.4. The first-order chi connectivity index (χ1) is 14.9. The summed E-state index contributed by atoms with van der Waals surface area (Å²) >= 11 is 0. The normalized spacial score (nSPS) is 12.1. The van der Waals surface area contributed by atoms with Crippen molar-refractivity contribution >= 4 is 37.9 Å². The number of fused-ring (bicyclic) bond motifs is 2. The van der Waals surface area contributed by atoms with Crippen LogP contribution in [0.25, 0.3) is 22.2 Å². The quantitative estimate of drug-likeness (QED) is 0.304. The number of anilines is 1. The minimum atomic E-state index is -4.02. The third-order valence-electron chi connectivity index (χ3n) is 5.42. The van der Waals surface area contributed by atoms with Gasteiger partial charge in [-0.1, -0.05) is 44.7 Å². The van der Waals surface area contributed by atoms with E-state index in [0.717, 1.165) is 44.2 Å². The molecule has 4 aromatic rings. The van der Waals surface area contributed by atoms with E-state index in [1.165, 1.54) is 12.1 Å². The first-order valence-corrected chi connectivity index (χ1v) is 12.0. The van der Waals surface area contributed by atoms with Gasteiger partial charge in [-0.25, -0.2) is 22.8 Å². The van der Waals surface area contributed by atoms with E-state index in [0.29, 0.717) is 23.2 Å². The first-order valence-electron chi connectivity index (χ1n) is 10.5. The molecular formula is C23H25FN4O2S. The van der Waals surface area contributed by atoms with Gasteiger partial charge >= 0.3 is 0 Å². The van der Waals surface area contributed by atoms with Crippen molar-refractivity contribution in [3.05, 3.63) is 54.3 Å². The Morgan fingerprint density at radius 2 is 1.58 bits per heavy atom. The van der Waals surface area contributed by atoms with Crippen LogP contribution in [0.2, 0.25) is 0 Å². The number of aromatic nitrogens is 3. The van der Waals surface area contributed by atoms with Crippen LogP contribution in [0.4, 0.5) is 10.2 Å². The zero-order valence-corrected chi connectivity index (χ0v) is 18.2. The second kappa shape index (κ2) is 8.63. The number of rotatable bonds is 8. The van der Waals surface area contributed by atoms with Gasteiger partial charge in [0.2, 0.25) is 9.84 Å². The maximum atomic E-state index is 13.5. The number of aryl methyl sites for hydroxylation is 1. The van der Waals surface area contributed by atoms with E-state index >= 15 is 0 Å². The SMILES string of the molecule is CCCCCCCn1c(N)c(S(=O)(=O)c2ccc(F)cc2)c2nc3ccccc3nc21. The number of hydrogen-bond donors (Lipinski definition) is 1. The molecule has 0 amide bonds. The predicted octanol–water partition coefficient (Wildman–Crippen LogP) is 5.11. The fourth-order valence-corrected chi connectivity index (χ4v) is 5.29. The van der Waals surface area contributed by atoms with E-state index in [2.05, 4.69) is 11.9 Å². The molecule has 2 N–H and O–H groups in total. The zero-order chi connectivity index (χ0) is 22.0. The van der Waals surface area contributed by atoms with E-state index in [4.69, 9.17) is 10.7 Å². The van der Waals surface area contributed by atoms with Gasteiger partial charge in [0.1, 0.15) is 22.0 Å². The van der Waals surface area contributed by atoms with Crippen molar-refractivity contribution in [3.63, 3.8) is 0 Å². The van der Waals surface area contributed by atoms with Crippen LogP contribution in [0.5, 0.6) is 0 Å². The molecule has 0 bridgehead atoms. The van der Waals surface area contributed by atoms with Crippen molar-refractivity contribution in [3.8, 4) is 0 Å². The molecule has 0 aliphatic carbocycles. The van der Waals surface area contributed by atoms with Crippen molar-refractivity contribution in [2.24, 2.45) is 0 Å². The van der Waals surface area contributed by atoms with Gasteiger partial charge in [-0.2, -0.15) is 0 Å². The predicted molar refractivity (Wildman–Crippen MR) is 120 cm³/mol. The molecule has 0 aliphatic rings. The molecule has 31 heavy (non-hydrogen) atoms. The second-order valence-electron chi connectivity index (χ2n) is 7.62. The van der Waals surface area contributed by atoms with Gasteiger partial charge in [-0.15, -0.1) is 0 Å². The lowest BCUT2D eigenvalue weighted by atomic mass is 10.1. The van der Waals surface area contributed by atoms with Gasteiger partial charge in [-0.3, -0.25) is 0 Å². The van der Waals surface area contributed by atoms with Crippen LogP contribution < -0.4 is 5.73 Å². The summed E-state index contributed by atoms with van der Waals surface area (Å²) in [5.41, 5.74) is 8.36. The number of unbranched alkanes of at least 4 members (excludes halogenated alkanes) is 4. The number of benzene rings is 2. The summed E-state index contributed by atoms with van der Waals surface area (Å²) in [6.45, 7) is 2.71. The lowest BCUT2D eigenvalue weighted by molar-refractivity contribution is 0.576. The third-order valence-corrected chi connectivity index (χ3v) is 7.26. The van der Waals surface area contributed by atoms with Crippen molar-refractivity contribution in [2.45, 2.75) is 55.4 Å². The first kappa shape index (κ1) is 21.2. The van der Waals surface area contributed by atoms with E-state index < -0.39 is 15.7 Å². The topological polar surface area (TPSA) is 90.9 Å². The van der Waals surface area contributed by atoms with Crippen LogP contribution in [0.15, 0.2) is 58.3 Å². The Hall–Kier alpha value is -3.00. The molecule has 2 aromatic carbocycles. The van der Waals surface area contributed by atoms with Gasteiger partial charge in [0.15, 0.2) is 5.65 Å². The Labute approximate surface area is 180 Å². The van der Waals surface area contributed by atoms with Crippen LogP contribution in [-0.4, -0.2) is 23.0 Å². The smallest absolute Gasteiger partial charge is 0.212 e. The standard InChI is InChI=1S/C23H25FN4O2S/c1-2-3-4-5-8-15-28-22(25)21(31(29,30)17-13-11-16(24)12-14-17)20-23(28)27-19-10-7-6-9-18(19)26-20/h6-7,9-14H,2-5,8,15,25H2,1H3. The number of nitrogens with two attached hydrogens (primary N) is 1. The molecule has 2 heterocycles. The fraction of sp³-hybridized carbons (Fsp3) is 0.304. The molecule has 0 fully saturated rings. The molecule has 0 atom stereocenters. The Kier molecular flexibility index (Phi) is 5.91. The molecule has 162 valence electrons. The number of hydrogen-bond acceptors (Lipinski definition) is 5. The Balaban J connectivity index is 1.88. The van der Waals surface area contributed by atoms with E-state index in [-0.39, 0.29) is 21.1 Å². The van der Waals surface area contributed by atoms with Gasteiger partial charge in [0.05, 0.1) is 15.9 Å². The molecule has 0 spiro atoms. The molecule has 6 nitrogen and oxygen atoms in total. The van der Waals surface area contributed by atoms with E-state index in [1.54, 1.807) is 10.6 Å². The monoisotopic (exact) mass is 440 g/mol. The summed E-state index contributed by atoms with van der Waals surface area (Å²) in [4.78, 5) is 9.20. The largest absolute Gasteiger partial charge is 0.384 e. The lowest BCUT2D eigenvalue weighted by Crippen LogP contribution is -2.08. The maximum absolute atomic E-state index is 13.5. The minimum absolute atomic E-state index is 0.0300. The lowest BCUT2D eigenvalue weighted by Gasteiger charge is -2.08. The Bertz CT molecular complexity index is 1330. The molecule has 0 radical (unpaired) electrons. The van der Waals surface area contributed by atoms with Crippen LogP contribution >= 0.6 is 0 Å². The summed E-state index contributed by atoms with van der Waals surface area (Å²) in [6, 6.07) is 12.0. The molecule has 0 aliphatic heterocycles. The highest BCUT2D eigenvalue weighted by atomic mass is 32.2. The van der Waals surface area contributed by atoms with Gasteiger partial charge in [0, 0.05) is 6.54 Å². The maximum Gasteiger partial charge on any atom is 0.212 e. The number of sulfone groups is 1. The molecule has 8 heteroatoms. The molecular weight excluding hydrogens is 415 g/mol. The summed E-state index contributed by atoms with van der Waals surface area (Å²) in [5.74, 6) is -0.391. The molecule has 0 saturated carbocycles. The van der Waals surface area contributed by atoms with Crippen molar-refractivity contribution in [2.75, 3.05) is 5.73 Å². The molecule has 2 aromatic heterocycles. The van der Waals surface area contributed by atoms with Crippen molar-refractivity contribution < 1.29 is 12.8 Å². The minimum Gasteiger partial charge on any atom is -0.384 e. The van der Waals surface area contributed by atoms with Crippen molar-refractivity contribution in [1.29, 1.82) is 0 Å². The number of halogens is 1. The summed E-state index contributed by atoms with van der Waals surface area (Å²) in [7, 11) is -4.02. The van der Waals surface area contributed by atoms with Crippen LogP contribution in [0.3, 0.4) is 0 Å². The van der Waals surface area contributed by atoms with Crippen LogP contribution in [0, 0.1) is 5.82 Å². The van der Waals surface area contributed by atoms with Crippen LogP contribution in [0.1, 0.15) is 39.0 Å². The highest BCUT2D eigenvalue weighted by molar-refractivity contribution is 7.92. The summed E-state index contributed by atoms with van der Waals surface area (Å²) < 4.78 is 42.0. The third kappa shape index (κ3) is 3.99. The van der Waals surface area contributed by atoms with Gasteiger partial charge in [0.25, 0.3) is 0 Å². The highest BCUT2D eigenvalue weighted by Crippen LogP contribution is 2.35. The fourth-order valence-electron chi connectivity index (χ4n) is 3.79. The summed E-state index contributed by atoms with van der Waals surface area (Å²) in [6.07, 6.45) is 5.31. The number of para-hydroxylation sites is 2. The second-order valence-corrected chi connectivity index (χ2v) is 9.51. The Morgan fingerprint density at radius 1 is 0.935 bits per heavy atom. The van der Waals surface area contributed by atoms with Crippen LogP contribution in [-0.2, 0) is 16.4 Å². The van der Waals surface area contributed by atoms with E-state index in [9.17, 15) is 12.8 Å². The molecule has 0 unspecified atom stereocenters. The van der Waals surface area contributed by atoms with Gasteiger partial charge in [-0.05, 0) is 42.8 Å².